The highest BCUT2D eigenvalue weighted by molar-refractivity contribution is 6.30. The number of rotatable bonds is 6. The third-order valence-electron chi connectivity index (χ3n) is 2.85. The van der Waals surface area contributed by atoms with E-state index in [9.17, 15) is 4.39 Å². The van der Waals surface area contributed by atoms with E-state index < -0.39 is 0 Å². The van der Waals surface area contributed by atoms with Gasteiger partial charge in [-0.1, -0.05) is 29.8 Å². The summed E-state index contributed by atoms with van der Waals surface area (Å²) in [6.45, 7) is 3.88. The highest BCUT2D eigenvalue weighted by atomic mass is 35.5. The number of hydrogen-bond acceptors (Lipinski definition) is 2. The van der Waals surface area contributed by atoms with Crippen LogP contribution < -0.4 is 10.1 Å². The Labute approximate surface area is 123 Å². The van der Waals surface area contributed by atoms with E-state index in [1.807, 2.05) is 31.2 Å². The van der Waals surface area contributed by atoms with Crippen molar-refractivity contribution in [2.75, 3.05) is 13.2 Å². The molecule has 2 aromatic rings. The van der Waals surface area contributed by atoms with Crippen LogP contribution >= 0.6 is 11.6 Å². The Bertz CT molecular complexity index is 574. The van der Waals surface area contributed by atoms with Crippen molar-refractivity contribution in [3.63, 3.8) is 0 Å². The molecule has 0 fully saturated rings. The summed E-state index contributed by atoms with van der Waals surface area (Å²) >= 11 is 5.63. The lowest BCUT2D eigenvalue weighted by Crippen LogP contribution is -2.20. The largest absolute Gasteiger partial charge is 0.492 e. The van der Waals surface area contributed by atoms with Gasteiger partial charge in [0.25, 0.3) is 0 Å². The molecule has 0 aliphatic rings. The summed E-state index contributed by atoms with van der Waals surface area (Å²) in [7, 11) is 0. The highest BCUT2D eigenvalue weighted by Gasteiger charge is 2.00. The summed E-state index contributed by atoms with van der Waals surface area (Å²) in [4.78, 5) is 0. The molecule has 0 aliphatic heterocycles. The number of benzene rings is 2. The van der Waals surface area contributed by atoms with Gasteiger partial charge in [-0.15, -0.1) is 0 Å². The summed E-state index contributed by atoms with van der Waals surface area (Å²) in [5.74, 6) is 0.478. The lowest BCUT2D eigenvalue weighted by atomic mass is 10.2. The number of nitrogens with one attached hydrogen (secondary N) is 1. The molecule has 0 heterocycles. The van der Waals surface area contributed by atoms with Crippen molar-refractivity contribution < 1.29 is 9.13 Å². The van der Waals surface area contributed by atoms with Gasteiger partial charge in [0.1, 0.15) is 18.2 Å². The molecule has 0 amide bonds. The van der Waals surface area contributed by atoms with Crippen LogP contribution in [0.4, 0.5) is 4.39 Å². The standard InChI is InChI=1S/C16H17ClFNO/c1-12-3-2-4-14(9-12)20-8-7-19-11-13-5-6-15(17)16(18)10-13/h2-6,9-10,19H,7-8,11H2,1H3. The average Bonchev–Trinajstić information content (AvgIpc) is 2.42. The zero-order valence-electron chi connectivity index (χ0n) is 11.3. The van der Waals surface area contributed by atoms with Crippen molar-refractivity contribution in [2.45, 2.75) is 13.5 Å². The summed E-state index contributed by atoms with van der Waals surface area (Å²) in [6.07, 6.45) is 0. The van der Waals surface area contributed by atoms with Crippen LogP contribution in [0.2, 0.25) is 5.02 Å². The van der Waals surface area contributed by atoms with Gasteiger partial charge >= 0.3 is 0 Å². The van der Waals surface area contributed by atoms with Gasteiger partial charge in [0, 0.05) is 13.1 Å². The monoisotopic (exact) mass is 293 g/mol. The Morgan fingerprint density at radius 3 is 2.80 bits per heavy atom. The minimum atomic E-state index is -0.387. The van der Waals surface area contributed by atoms with Crippen LogP contribution in [0.3, 0.4) is 0 Å². The van der Waals surface area contributed by atoms with Crippen molar-refractivity contribution in [3.05, 3.63) is 64.4 Å². The van der Waals surface area contributed by atoms with Crippen molar-refractivity contribution in [3.8, 4) is 5.75 Å². The third kappa shape index (κ3) is 4.51. The quantitative estimate of drug-likeness (QED) is 0.814. The summed E-state index contributed by atoms with van der Waals surface area (Å²) in [5, 5.41) is 3.35. The van der Waals surface area contributed by atoms with Gasteiger partial charge in [-0.25, -0.2) is 4.39 Å². The van der Waals surface area contributed by atoms with Crippen LogP contribution in [0.1, 0.15) is 11.1 Å². The fourth-order valence-corrected chi connectivity index (χ4v) is 1.95. The topological polar surface area (TPSA) is 21.3 Å². The molecule has 0 aromatic heterocycles. The second-order valence-corrected chi connectivity index (χ2v) is 5.00. The second kappa shape index (κ2) is 7.27. The minimum absolute atomic E-state index is 0.150. The van der Waals surface area contributed by atoms with Gasteiger partial charge in [-0.05, 0) is 42.3 Å². The molecule has 0 saturated carbocycles. The molecule has 1 N–H and O–H groups in total. The Balaban J connectivity index is 1.70. The second-order valence-electron chi connectivity index (χ2n) is 4.59. The first-order chi connectivity index (χ1) is 9.65. The van der Waals surface area contributed by atoms with Crippen molar-refractivity contribution >= 4 is 11.6 Å². The van der Waals surface area contributed by atoms with Crippen molar-refractivity contribution in [1.29, 1.82) is 0 Å². The van der Waals surface area contributed by atoms with Crippen LogP contribution in [-0.2, 0) is 6.54 Å². The Morgan fingerprint density at radius 2 is 2.05 bits per heavy atom. The summed E-state index contributed by atoms with van der Waals surface area (Å²) in [6, 6.07) is 12.7. The van der Waals surface area contributed by atoms with Crippen LogP contribution in [0.15, 0.2) is 42.5 Å². The molecule has 0 atom stereocenters. The SMILES string of the molecule is Cc1cccc(OCCNCc2ccc(Cl)c(F)c2)c1. The maximum Gasteiger partial charge on any atom is 0.142 e. The smallest absolute Gasteiger partial charge is 0.142 e. The van der Waals surface area contributed by atoms with Gasteiger partial charge in [0.15, 0.2) is 0 Å². The zero-order valence-corrected chi connectivity index (χ0v) is 12.1. The molecular weight excluding hydrogens is 277 g/mol. The number of ether oxygens (including phenoxy) is 1. The maximum atomic E-state index is 13.2. The third-order valence-corrected chi connectivity index (χ3v) is 3.16. The lowest BCUT2D eigenvalue weighted by molar-refractivity contribution is 0.313. The first-order valence-corrected chi connectivity index (χ1v) is 6.87. The van der Waals surface area contributed by atoms with Crippen LogP contribution in [0.5, 0.6) is 5.75 Å². The van der Waals surface area contributed by atoms with Crippen molar-refractivity contribution in [2.24, 2.45) is 0 Å². The van der Waals surface area contributed by atoms with E-state index in [0.29, 0.717) is 19.7 Å². The normalized spacial score (nSPS) is 10.6. The zero-order chi connectivity index (χ0) is 14.4. The molecule has 2 rings (SSSR count). The molecule has 2 aromatic carbocycles. The maximum absolute atomic E-state index is 13.2. The van der Waals surface area contributed by atoms with E-state index in [1.54, 1.807) is 12.1 Å². The van der Waals surface area contributed by atoms with E-state index in [-0.39, 0.29) is 10.8 Å². The predicted molar refractivity (Wildman–Crippen MR) is 79.8 cm³/mol. The van der Waals surface area contributed by atoms with E-state index in [1.165, 1.54) is 11.6 Å². The molecule has 0 bridgehead atoms. The minimum Gasteiger partial charge on any atom is -0.492 e. The molecule has 4 heteroatoms. The molecule has 0 unspecified atom stereocenters. The number of aryl methyl sites for hydroxylation is 1. The van der Waals surface area contributed by atoms with Gasteiger partial charge in [0.05, 0.1) is 5.02 Å². The van der Waals surface area contributed by atoms with E-state index in [4.69, 9.17) is 16.3 Å². The van der Waals surface area contributed by atoms with Gasteiger partial charge in [0.2, 0.25) is 0 Å². The van der Waals surface area contributed by atoms with Crippen LogP contribution in [0, 0.1) is 12.7 Å². The van der Waals surface area contributed by atoms with E-state index in [2.05, 4.69) is 5.32 Å². The first-order valence-electron chi connectivity index (χ1n) is 6.49. The van der Waals surface area contributed by atoms with E-state index >= 15 is 0 Å². The highest BCUT2D eigenvalue weighted by Crippen LogP contribution is 2.15. The molecule has 0 aliphatic carbocycles. The Hall–Kier alpha value is -1.58. The first kappa shape index (κ1) is 14.8. The number of halogens is 2. The summed E-state index contributed by atoms with van der Waals surface area (Å²) in [5.41, 5.74) is 2.04. The van der Waals surface area contributed by atoms with Crippen molar-refractivity contribution in [1.82, 2.24) is 5.32 Å². The van der Waals surface area contributed by atoms with Gasteiger partial charge in [-0.2, -0.15) is 0 Å². The molecule has 20 heavy (non-hydrogen) atoms. The molecule has 106 valence electrons. The fraction of sp³-hybridized carbons (Fsp3) is 0.250. The van der Waals surface area contributed by atoms with Crippen LogP contribution in [0.25, 0.3) is 0 Å². The van der Waals surface area contributed by atoms with Gasteiger partial charge < -0.3 is 10.1 Å². The Kier molecular flexibility index (Phi) is 5.39. The fourth-order valence-electron chi connectivity index (χ4n) is 1.83. The Morgan fingerprint density at radius 1 is 1.20 bits per heavy atom. The van der Waals surface area contributed by atoms with E-state index in [0.717, 1.165) is 11.3 Å². The molecule has 2 nitrogen and oxygen atoms in total. The van der Waals surface area contributed by atoms with Gasteiger partial charge in [-0.3, -0.25) is 0 Å². The average molecular weight is 294 g/mol. The lowest BCUT2D eigenvalue weighted by Gasteiger charge is -2.08. The molecule has 0 saturated heterocycles. The molecular formula is C16H17ClFNO. The predicted octanol–water partition coefficient (Wildman–Crippen LogP) is 3.96. The number of hydrogen-bond donors (Lipinski definition) is 1. The molecule has 0 spiro atoms. The summed E-state index contributed by atoms with van der Waals surface area (Å²) < 4.78 is 18.8. The van der Waals surface area contributed by atoms with Crippen LogP contribution in [-0.4, -0.2) is 13.2 Å². The molecule has 0 radical (unpaired) electrons.